The van der Waals surface area contributed by atoms with E-state index in [1.54, 1.807) is 12.3 Å². The molecule has 0 aromatic carbocycles. The van der Waals surface area contributed by atoms with E-state index in [9.17, 15) is 4.79 Å². The van der Waals surface area contributed by atoms with Crippen LogP contribution in [0, 0.1) is 0 Å². The van der Waals surface area contributed by atoms with Gasteiger partial charge in [0, 0.05) is 12.7 Å². The maximum absolute atomic E-state index is 10.8. The Morgan fingerprint density at radius 3 is 2.67 bits per heavy atom. The molecule has 1 N–H and O–H groups in total. The van der Waals surface area contributed by atoms with Gasteiger partial charge in [-0.2, -0.15) is 0 Å². The molecule has 1 heterocycles. The van der Waals surface area contributed by atoms with E-state index in [2.05, 4.69) is 28.9 Å². The molecule has 100 valence electrons. The normalized spacial score (nSPS) is 11.2. The maximum atomic E-state index is 10.8. The molecular formula is C13H21N3O2. The van der Waals surface area contributed by atoms with Gasteiger partial charge in [-0.15, -0.1) is 0 Å². The van der Waals surface area contributed by atoms with Crippen molar-refractivity contribution in [1.29, 1.82) is 0 Å². The van der Waals surface area contributed by atoms with Crippen LogP contribution in [-0.4, -0.2) is 60.1 Å². The summed E-state index contributed by atoms with van der Waals surface area (Å²) in [4.78, 5) is 19.0. The summed E-state index contributed by atoms with van der Waals surface area (Å²) in [5.74, 6) is -0.980. The van der Waals surface area contributed by atoms with Crippen LogP contribution in [-0.2, 0) is 6.54 Å². The summed E-state index contributed by atoms with van der Waals surface area (Å²) in [6.07, 6.45) is 2.65. The number of hydrogen-bond acceptors (Lipinski definition) is 4. The Morgan fingerprint density at radius 1 is 1.33 bits per heavy atom. The van der Waals surface area contributed by atoms with Crippen molar-refractivity contribution in [2.45, 2.75) is 13.0 Å². The van der Waals surface area contributed by atoms with Crippen LogP contribution in [0.2, 0.25) is 0 Å². The van der Waals surface area contributed by atoms with E-state index >= 15 is 0 Å². The molecule has 1 aromatic rings. The zero-order chi connectivity index (χ0) is 13.5. The van der Waals surface area contributed by atoms with E-state index in [1.807, 2.05) is 13.1 Å². The highest BCUT2D eigenvalue weighted by molar-refractivity contribution is 5.85. The van der Waals surface area contributed by atoms with E-state index in [4.69, 9.17) is 5.11 Å². The van der Waals surface area contributed by atoms with Crippen LogP contribution in [0.25, 0.3) is 0 Å². The van der Waals surface area contributed by atoms with Crippen molar-refractivity contribution in [1.82, 2.24) is 14.8 Å². The van der Waals surface area contributed by atoms with Gasteiger partial charge < -0.3 is 14.9 Å². The minimum atomic E-state index is -0.980. The van der Waals surface area contributed by atoms with Crippen LogP contribution >= 0.6 is 0 Å². The molecule has 0 saturated carbocycles. The molecule has 5 heteroatoms. The van der Waals surface area contributed by atoms with Crippen LogP contribution in [0.1, 0.15) is 22.5 Å². The van der Waals surface area contributed by atoms with Crippen molar-refractivity contribution < 1.29 is 9.90 Å². The first-order valence-corrected chi connectivity index (χ1v) is 6.00. The highest BCUT2D eigenvalue weighted by atomic mass is 16.4. The van der Waals surface area contributed by atoms with Gasteiger partial charge in [-0.3, -0.25) is 0 Å². The lowest BCUT2D eigenvalue weighted by Crippen LogP contribution is -2.23. The van der Waals surface area contributed by atoms with Crippen molar-refractivity contribution in [3.05, 3.63) is 29.6 Å². The topological polar surface area (TPSA) is 56.7 Å². The zero-order valence-electron chi connectivity index (χ0n) is 11.3. The summed E-state index contributed by atoms with van der Waals surface area (Å²) in [5.41, 5.74) is 1.09. The van der Waals surface area contributed by atoms with Gasteiger partial charge >= 0.3 is 5.97 Å². The predicted octanol–water partition coefficient (Wildman–Crippen LogP) is 1.16. The van der Waals surface area contributed by atoms with Crippen LogP contribution < -0.4 is 0 Å². The van der Waals surface area contributed by atoms with E-state index in [0.29, 0.717) is 0 Å². The highest BCUT2D eigenvalue weighted by Gasteiger charge is 2.06. The minimum absolute atomic E-state index is 0.106. The Kier molecular flexibility index (Phi) is 5.74. The fraction of sp³-hybridized carbons (Fsp3) is 0.538. The standard InChI is InChI=1S/C13H21N3O2/c1-15(2)7-4-8-16(3)10-11-5-6-14-12(9-11)13(17)18/h5-6,9H,4,7-8,10H2,1-3H3,(H,17,18). The number of carboxylic acids is 1. The number of nitrogens with zero attached hydrogens (tertiary/aromatic N) is 3. The molecule has 0 bridgehead atoms. The first-order valence-electron chi connectivity index (χ1n) is 6.00. The van der Waals surface area contributed by atoms with Gasteiger partial charge in [-0.1, -0.05) is 0 Å². The van der Waals surface area contributed by atoms with Crippen LogP contribution in [0.15, 0.2) is 18.3 Å². The molecule has 0 saturated heterocycles. The van der Waals surface area contributed by atoms with E-state index < -0.39 is 5.97 Å². The molecule has 0 amide bonds. The smallest absolute Gasteiger partial charge is 0.354 e. The van der Waals surface area contributed by atoms with Crippen LogP contribution in [0.5, 0.6) is 0 Å². The number of rotatable bonds is 7. The van der Waals surface area contributed by atoms with E-state index in [0.717, 1.165) is 31.6 Å². The van der Waals surface area contributed by atoms with Crippen molar-refractivity contribution in [2.75, 3.05) is 34.2 Å². The molecule has 0 unspecified atom stereocenters. The number of hydrogen-bond donors (Lipinski definition) is 1. The fourth-order valence-corrected chi connectivity index (χ4v) is 1.74. The van der Waals surface area contributed by atoms with Gasteiger partial charge in [0.25, 0.3) is 0 Å². The average molecular weight is 251 g/mol. The quantitative estimate of drug-likeness (QED) is 0.788. The molecule has 5 nitrogen and oxygen atoms in total. The Labute approximate surface area is 108 Å². The molecule has 18 heavy (non-hydrogen) atoms. The largest absolute Gasteiger partial charge is 0.477 e. The number of pyridine rings is 1. The molecule has 0 aliphatic heterocycles. The second-order valence-electron chi connectivity index (χ2n) is 4.75. The fourth-order valence-electron chi connectivity index (χ4n) is 1.74. The minimum Gasteiger partial charge on any atom is -0.477 e. The molecule has 0 aliphatic rings. The third-order valence-electron chi connectivity index (χ3n) is 2.64. The van der Waals surface area contributed by atoms with Gasteiger partial charge in [-0.25, -0.2) is 9.78 Å². The van der Waals surface area contributed by atoms with Gasteiger partial charge in [0.2, 0.25) is 0 Å². The molecule has 0 radical (unpaired) electrons. The monoisotopic (exact) mass is 251 g/mol. The lowest BCUT2D eigenvalue weighted by molar-refractivity contribution is 0.0690. The van der Waals surface area contributed by atoms with Crippen molar-refractivity contribution in [2.24, 2.45) is 0 Å². The Hall–Kier alpha value is -1.46. The second kappa shape index (κ2) is 7.08. The highest BCUT2D eigenvalue weighted by Crippen LogP contribution is 2.05. The molecule has 1 aromatic heterocycles. The van der Waals surface area contributed by atoms with Gasteiger partial charge in [0.05, 0.1) is 0 Å². The average Bonchev–Trinajstić information content (AvgIpc) is 2.28. The second-order valence-corrected chi connectivity index (χ2v) is 4.75. The first-order chi connectivity index (χ1) is 8.49. The lowest BCUT2D eigenvalue weighted by atomic mass is 10.2. The third kappa shape index (κ3) is 5.25. The molecule has 0 atom stereocenters. The zero-order valence-corrected chi connectivity index (χ0v) is 11.3. The molecule has 0 spiro atoms. The summed E-state index contributed by atoms with van der Waals surface area (Å²) in [6, 6.07) is 3.49. The number of aromatic carboxylic acids is 1. The Morgan fingerprint density at radius 2 is 2.06 bits per heavy atom. The molecule has 0 aliphatic carbocycles. The first kappa shape index (κ1) is 14.6. The maximum Gasteiger partial charge on any atom is 0.354 e. The van der Waals surface area contributed by atoms with Crippen LogP contribution in [0.4, 0.5) is 0 Å². The number of carbonyl (C=O) groups is 1. The third-order valence-corrected chi connectivity index (χ3v) is 2.64. The summed E-state index contributed by atoms with van der Waals surface area (Å²) < 4.78 is 0. The lowest BCUT2D eigenvalue weighted by Gasteiger charge is -2.18. The van der Waals surface area contributed by atoms with Crippen LogP contribution in [0.3, 0.4) is 0 Å². The van der Waals surface area contributed by atoms with Gasteiger partial charge in [-0.05, 0) is 58.3 Å². The van der Waals surface area contributed by atoms with Crippen molar-refractivity contribution >= 4 is 5.97 Å². The van der Waals surface area contributed by atoms with Gasteiger partial charge in [0.1, 0.15) is 5.69 Å². The van der Waals surface area contributed by atoms with Gasteiger partial charge in [0.15, 0.2) is 0 Å². The van der Waals surface area contributed by atoms with E-state index in [-0.39, 0.29) is 5.69 Å². The Balaban J connectivity index is 2.46. The molecule has 1 rings (SSSR count). The van der Waals surface area contributed by atoms with Crippen molar-refractivity contribution in [3.63, 3.8) is 0 Å². The summed E-state index contributed by atoms with van der Waals surface area (Å²) in [7, 11) is 6.15. The SMILES string of the molecule is CN(C)CCCN(C)Cc1ccnc(C(=O)O)c1. The summed E-state index contributed by atoms with van der Waals surface area (Å²) in [5, 5.41) is 8.86. The van der Waals surface area contributed by atoms with Crippen molar-refractivity contribution in [3.8, 4) is 0 Å². The number of aromatic nitrogens is 1. The van der Waals surface area contributed by atoms with E-state index in [1.165, 1.54) is 0 Å². The molecular weight excluding hydrogens is 230 g/mol. The number of carboxylic acid groups (broad SMARTS) is 1. The molecule has 0 fully saturated rings. The summed E-state index contributed by atoms with van der Waals surface area (Å²) >= 11 is 0. The predicted molar refractivity (Wildman–Crippen MR) is 70.7 cm³/mol. The Bertz CT molecular complexity index is 394. The summed E-state index contributed by atoms with van der Waals surface area (Å²) in [6.45, 7) is 2.79.